The Morgan fingerprint density at radius 3 is 2.81 bits per heavy atom. The van der Waals surface area contributed by atoms with Crippen LogP contribution in [0.1, 0.15) is 26.7 Å². The van der Waals surface area contributed by atoms with Crippen molar-refractivity contribution >= 4 is 0 Å². The Morgan fingerprint density at radius 1 is 1.44 bits per heavy atom. The van der Waals surface area contributed by atoms with Crippen molar-refractivity contribution in [2.75, 3.05) is 26.2 Å². The topological polar surface area (TPSA) is 62.9 Å². The van der Waals surface area contributed by atoms with Crippen LogP contribution in [0.3, 0.4) is 0 Å². The van der Waals surface area contributed by atoms with Crippen LogP contribution in [0.2, 0.25) is 0 Å². The summed E-state index contributed by atoms with van der Waals surface area (Å²) >= 11 is 0. The van der Waals surface area contributed by atoms with Gasteiger partial charge in [-0.1, -0.05) is 0 Å². The van der Waals surface area contributed by atoms with Gasteiger partial charge in [-0.15, -0.1) is 0 Å². The number of piperazine rings is 1. The second-order valence-corrected chi connectivity index (χ2v) is 4.98. The van der Waals surface area contributed by atoms with Gasteiger partial charge in [0.15, 0.2) is 0 Å². The minimum absolute atomic E-state index is 0.000974. The molecule has 0 aromatic heterocycles. The van der Waals surface area contributed by atoms with E-state index in [0.717, 1.165) is 39.0 Å². The van der Waals surface area contributed by atoms with Gasteiger partial charge < -0.3 is 5.32 Å². The molecule has 0 aliphatic carbocycles. The molecule has 1 heterocycles. The highest BCUT2D eigenvalue weighted by atomic mass is 15.2. The predicted molar refractivity (Wildman–Crippen MR) is 62.5 cm³/mol. The van der Waals surface area contributed by atoms with Crippen molar-refractivity contribution in [1.29, 1.82) is 10.5 Å². The van der Waals surface area contributed by atoms with E-state index in [-0.39, 0.29) is 11.5 Å². The Kier molecular flexibility index (Phi) is 4.73. The SMILES string of the molecule is CC(C)(C#N)CCCN1CCNCC1C#N. The average molecular weight is 220 g/mol. The van der Waals surface area contributed by atoms with E-state index in [1.165, 1.54) is 0 Å². The molecule has 1 atom stereocenters. The van der Waals surface area contributed by atoms with Gasteiger partial charge in [-0.25, -0.2) is 0 Å². The van der Waals surface area contributed by atoms with Gasteiger partial charge in [0, 0.05) is 19.6 Å². The molecule has 1 unspecified atom stereocenters. The van der Waals surface area contributed by atoms with Crippen LogP contribution in [0.15, 0.2) is 0 Å². The molecule has 1 aliphatic heterocycles. The zero-order valence-corrected chi connectivity index (χ0v) is 10.2. The van der Waals surface area contributed by atoms with Crippen LogP contribution in [0.4, 0.5) is 0 Å². The first-order chi connectivity index (χ1) is 7.59. The van der Waals surface area contributed by atoms with Crippen molar-refractivity contribution < 1.29 is 0 Å². The van der Waals surface area contributed by atoms with Crippen molar-refractivity contribution in [1.82, 2.24) is 10.2 Å². The fraction of sp³-hybridized carbons (Fsp3) is 0.833. The Hall–Kier alpha value is -1.10. The molecule has 0 radical (unpaired) electrons. The molecule has 88 valence electrons. The highest BCUT2D eigenvalue weighted by Crippen LogP contribution is 2.21. The molecule has 1 N–H and O–H groups in total. The lowest BCUT2D eigenvalue weighted by Crippen LogP contribution is -2.50. The lowest BCUT2D eigenvalue weighted by molar-refractivity contribution is 0.188. The van der Waals surface area contributed by atoms with E-state index >= 15 is 0 Å². The van der Waals surface area contributed by atoms with Crippen LogP contribution in [0, 0.1) is 28.1 Å². The molecule has 0 aromatic carbocycles. The van der Waals surface area contributed by atoms with Gasteiger partial charge in [0.05, 0.1) is 17.6 Å². The van der Waals surface area contributed by atoms with Crippen molar-refractivity contribution in [2.24, 2.45) is 5.41 Å². The molecular weight excluding hydrogens is 200 g/mol. The van der Waals surface area contributed by atoms with E-state index in [0.29, 0.717) is 0 Å². The largest absolute Gasteiger partial charge is 0.313 e. The van der Waals surface area contributed by atoms with E-state index in [4.69, 9.17) is 10.5 Å². The maximum absolute atomic E-state index is 8.98. The molecule has 1 aliphatic rings. The fourth-order valence-electron chi connectivity index (χ4n) is 1.92. The van der Waals surface area contributed by atoms with Crippen LogP contribution in [-0.2, 0) is 0 Å². The molecule has 0 saturated carbocycles. The van der Waals surface area contributed by atoms with Gasteiger partial charge in [0.25, 0.3) is 0 Å². The molecule has 16 heavy (non-hydrogen) atoms. The number of nitrogens with one attached hydrogen (secondary N) is 1. The summed E-state index contributed by atoms with van der Waals surface area (Å²) in [5.41, 5.74) is -0.240. The quantitative estimate of drug-likeness (QED) is 0.771. The number of nitrogens with zero attached hydrogens (tertiary/aromatic N) is 3. The van der Waals surface area contributed by atoms with Gasteiger partial charge in [-0.3, -0.25) is 4.90 Å². The third-order valence-corrected chi connectivity index (χ3v) is 3.05. The highest BCUT2D eigenvalue weighted by molar-refractivity contribution is 4.97. The molecule has 0 bridgehead atoms. The number of hydrogen-bond acceptors (Lipinski definition) is 4. The maximum Gasteiger partial charge on any atom is 0.110 e. The number of hydrogen-bond donors (Lipinski definition) is 1. The first-order valence-corrected chi connectivity index (χ1v) is 5.85. The van der Waals surface area contributed by atoms with Crippen molar-refractivity contribution in [3.63, 3.8) is 0 Å². The lowest BCUT2D eigenvalue weighted by Gasteiger charge is -2.32. The average Bonchev–Trinajstić information content (AvgIpc) is 2.29. The summed E-state index contributed by atoms with van der Waals surface area (Å²) in [5, 5.41) is 21.1. The molecule has 1 fully saturated rings. The summed E-state index contributed by atoms with van der Waals surface area (Å²) in [5.74, 6) is 0. The number of rotatable bonds is 4. The lowest BCUT2D eigenvalue weighted by atomic mass is 9.89. The first-order valence-electron chi connectivity index (χ1n) is 5.85. The van der Waals surface area contributed by atoms with Crippen LogP contribution in [-0.4, -0.2) is 37.1 Å². The van der Waals surface area contributed by atoms with Gasteiger partial charge >= 0.3 is 0 Å². The summed E-state index contributed by atoms with van der Waals surface area (Å²) in [7, 11) is 0. The standard InChI is InChI=1S/C12H20N4/c1-12(2,10-14)4-3-6-16-7-5-15-9-11(16)8-13/h11,15H,3-7,9H2,1-2H3. The molecule has 4 nitrogen and oxygen atoms in total. The van der Waals surface area contributed by atoms with Crippen molar-refractivity contribution in [2.45, 2.75) is 32.7 Å². The molecule has 4 heteroatoms. The van der Waals surface area contributed by atoms with Crippen LogP contribution in [0.25, 0.3) is 0 Å². The van der Waals surface area contributed by atoms with Crippen LogP contribution >= 0.6 is 0 Å². The van der Waals surface area contributed by atoms with Gasteiger partial charge in [0.2, 0.25) is 0 Å². The number of nitriles is 2. The maximum atomic E-state index is 8.98. The Morgan fingerprint density at radius 2 is 2.19 bits per heavy atom. The smallest absolute Gasteiger partial charge is 0.110 e. The van der Waals surface area contributed by atoms with Gasteiger partial charge in [0.1, 0.15) is 6.04 Å². The summed E-state index contributed by atoms with van der Waals surface area (Å²) < 4.78 is 0. The molecular formula is C12H20N4. The normalized spacial score (nSPS) is 22.4. The van der Waals surface area contributed by atoms with Crippen LogP contribution < -0.4 is 5.32 Å². The molecule has 0 aromatic rings. The summed E-state index contributed by atoms with van der Waals surface area (Å²) in [6, 6.07) is 4.62. The second-order valence-electron chi connectivity index (χ2n) is 4.98. The molecule has 0 amide bonds. The minimum Gasteiger partial charge on any atom is -0.313 e. The Bertz CT molecular complexity index is 297. The van der Waals surface area contributed by atoms with E-state index in [2.05, 4.69) is 22.4 Å². The highest BCUT2D eigenvalue weighted by Gasteiger charge is 2.22. The zero-order chi connectivity index (χ0) is 12.0. The third kappa shape index (κ3) is 3.81. The Labute approximate surface area is 97.8 Å². The third-order valence-electron chi connectivity index (χ3n) is 3.05. The van der Waals surface area contributed by atoms with Crippen molar-refractivity contribution in [3.05, 3.63) is 0 Å². The van der Waals surface area contributed by atoms with Gasteiger partial charge in [-0.05, 0) is 33.2 Å². The fourth-order valence-corrected chi connectivity index (χ4v) is 1.92. The summed E-state index contributed by atoms with van der Waals surface area (Å²) in [6.45, 7) is 7.51. The van der Waals surface area contributed by atoms with Crippen molar-refractivity contribution in [3.8, 4) is 12.1 Å². The minimum atomic E-state index is -0.240. The zero-order valence-electron chi connectivity index (χ0n) is 10.2. The van der Waals surface area contributed by atoms with E-state index in [1.807, 2.05) is 13.8 Å². The summed E-state index contributed by atoms with van der Waals surface area (Å²) in [6.07, 6.45) is 1.88. The monoisotopic (exact) mass is 220 g/mol. The predicted octanol–water partition coefficient (Wildman–Crippen LogP) is 1.11. The Balaban J connectivity index is 2.32. The summed E-state index contributed by atoms with van der Waals surface area (Å²) in [4.78, 5) is 2.21. The van der Waals surface area contributed by atoms with E-state index in [9.17, 15) is 0 Å². The molecule has 0 spiro atoms. The second kappa shape index (κ2) is 5.84. The van der Waals surface area contributed by atoms with E-state index in [1.54, 1.807) is 0 Å². The van der Waals surface area contributed by atoms with Gasteiger partial charge in [-0.2, -0.15) is 10.5 Å². The first kappa shape index (κ1) is 13.0. The van der Waals surface area contributed by atoms with E-state index < -0.39 is 0 Å². The molecule has 1 rings (SSSR count). The van der Waals surface area contributed by atoms with Crippen LogP contribution in [0.5, 0.6) is 0 Å². The molecule has 1 saturated heterocycles.